The minimum Gasteiger partial charge on any atom is -0.493 e. The topological polar surface area (TPSA) is 231 Å². The fraction of sp³-hybridized carbons (Fsp3) is 0.412. The second-order valence-corrected chi connectivity index (χ2v) is 12.2. The standard InChI is InChI=1S/C34H37N3O14/c1-47-25-13-20-22(14-26(25)48-16-18-6-3-2-4-7-18)36(32(43)21-8-5-11-35(21)31(20)42)34(44)49-17-19-9-10-24(23(12-19)37(45)46)50-33-30(41)29(40)28(39)27(15-38)51-33/h2-4,6-7,9-10,12-14,21,27-30,32-33,38-41,43H,5,8,11,15-17H2,1H3/t21-,27+,28-,29-,30+,32?,33+/m0/s1. The molecule has 0 bridgehead atoms. The van der Waals surface area contributed by atoms with Gasteiger partial charge >= 0.3 is 11.8 Å². The van der Waals surface area contributed by atoms with E-state index < -0.39 is 78.8 Å². The van der Waals surface area contributed by atoms with Gasteiger partial charge in [0.1, 0.15) is 37.6 Å². The number of nitro benzene ring substituents is 1. The highest BCUT2D eigenvalue weighted by Gasteiger charge is 2.47. The van der Waals surface area contributed by atoms with Crippen molar-refractivity contribution >= 4 is 23.4 Å². The lowest BCUT2D eigenvalue weighted by molar-refractivity contribution is -0.387. The van der Waals surface area contributed by atoms with Gasteiger partial charge in [-0.25, -0.2) is 9.69 Å². The smallest absolute Gasteiger partial charge is 0.416 e. The summed E-state index contributed by atoms with van der Waals surface area (Å²) < 4.78 is 27.9. The Labute approximate surface area is 290 Å². The van der Waals surface area contributed by atoms with Crippen LogP contribution in [-0.2, 0) is 22.7 Å². The maximum absolute atomic E-state index is 13.8. The van der Waals surface area contributed by atoms with Crippen molar-refractivity contribution in [3.05, 3.63) is 87.5 Å². The number of anilines is 1. The molecule has 3 aromatic rings. The molecule has 3 heterocycles. The van der Waals surface area contributed by atoms with Crippen molar-refractivity contribution in [1.29, 1.82) is 0 Å². The van der Waals surface area contributed by atoms with Gasteiger partial charge < -0.3 is 54.1 Å². The number of rotatable bonds is 10. The van der Waals surface area contributed by atoms with E-state index in [1.54, 1.807) is 0 Å². The molecule has 0 aliphatic carbocycles. The quantitative estimate of drug-likeness (QED) is 0.148. The van der Waals surface area contributed by atoms with Gasteiger partial charge in [0.05, 0.1) is 35.9 Å². The zero-order chi connectivity index (χ0) is 36.4. The summed E-state index contributed by atoms with van der Waals surface area (Å²) in [5.41, 5.74) is 0.469. The molecule has 1 unspecified atom stereocenters. The van der Waals surface area contributed by atoms with Crippen LogP contribution in [0.4, 0.5) is 16.2 Å². The second-order valence-electron chi connectivity index (χ2n) is 12.2. The Hall–Kier alpha value is -5.04. The van der Waals surface area contributed by atoms with E-state index in [-0.39, 0.29) is 40.7 Å². The number of carbonyl (C=O) groups excluding carboxylic acids is 2. The van der Waals surface area contributed by atoms with Crippen molar-refractivity contribution < 1.29 is 63.7 Å². The predicted octanol–water partition coefficient (Wildman–Crippen LogP) is 1.44. The van der Waals surface area contributed by atoms with Gasteiger partial charge in [-0.1, -0.05) is 36.4 Å². The molecule has 0 radical (unpaired) electrons. The third-order valence-electron chi connectivity index (χ3n) is 9.05. The molecule has 3 aliphatic rings. The van der Waals surface area contributed by atoms with Gasteiger partial charge in [0.15, 0.2) is 23.5 Å². The number of fused-ring (bicyclic) bond motifs is 2. The van der Waals surface area contributed by atoms with Crippen molar-refractivity contribution in [2.75, 3.05) is 25.2 Å². The van der Waals surface area contributed by atoms with E-state index in [9.17, 15) is 45.2 Å². The SMILES string of the molecule is COc1cc2c(cc1OCc1ccccc1)N(C(=O)OCc1ccc(O[C@@H]3O[C@H](CO)[C@H](O)[C@H](O)[C@H]3O)c([N+](=O)[O-])c1)C(O)[C@@H]1CCCN1C2=O. The molecule has 0 saturated carbocycles. The zero-order valence-corrected chi connectivity index (χ0v) is 27.3. The van der Waals surface area contributed by atoms with Crippen LogP contribution in [0.1, 0.15) is 34.3 Å². The number of methoxy groups -OCH3 is 1. The van der Waals surface area contributed by atoms with Crippen molar-refractivity contribution in [3.8, 4) is 17.2 Å². The van der Waals surface area contributed by atoms with Crippen LogP contribution in [0.25, 0.3) is 0 Å². The van der Waals surface area contributed by atoms with E-state index in [1.807, 2.05) is 30.3 Å². The molecule has 3 aliphatic heterocycles. The summed E-state index contributed by atoms with van der Waals surface area (Å²) in [4.78, 5) is 41.2. The first-order valence-corrected chi connectivity index (χ1v) is 16.1. The fourth-order valence-corrected chi connectivity index (χ4v) is 6.36. The molecular formula is C34H37N3O14. The molecule has 2 saturated heterocycles. The van der Waals surface area contributed by atoms with Crippen molar-refractivity contribution in [3.63, 3.8) is 0 Å². The highest BCUT2D eigenvalue weighted by Crippen LogP contribution is 2.42. The summed E-state index contributed by atoms with van der Waals surface area (Å²) in [5.74, 6) is -0.365. The van der Waals surface area contributed by atoms with Crippen LogP contribution in [0.15, 0.2) is 60.7 Å². The van der Waals surface area contributed by atoms with E-state index >= 15 is 0 Å². The number of benzene rings is 3. The molecule has 272 valence electrons. The maximum atomic E-state index is 13.8. The molecule has 6 rings (SSSR count). The molecule has 51 heavy (non-hydrogen) atoms. The minimum atomic E-state index is -1.81. The van der Waals surface area contributed by atoms with Gasteiger partial charge in [-0.2, -0.15) is 0 Å². The molecule has 17 nitrogen and oxygen atoms in total. The highest BCUT2D eigenvalue weighted by molar-refractivity contribution is 6.06. The van der Waals surface area contributed by atoms with Crippen LogP contribution in [0, 0.1) is 10.1 Å². The van der Waals surface area contributed by atoms with Crippen molar-refractivity contribution in [1.82, 2.24) is 4.90 Å². The summed E-state index contributed by atoms with van der Waals surface area (Å²) in [6, 6.07) is 15.0. The summed E-state index contributed by atoms with van der Waals surface area (Å²) in [5, 5.41) is 63.4. The summed E-state index contributed by atoms with van der Waals surface area (Å²) in [6.45, 7) is -0.733. The fourth-order valence-electron chi connectivity index (χ4n) is 6.36. The maximum Gasteiger partial charge on any atom is 0.416 e. The summed E-state index contributed by atoms with van der Waals surface area (Å²) in [6.07, 6.45) is -9.75. The summed E-state index contributed by atoms with van der Waals surface area (Å²) >= 11 is 0. The second kappa shape index (κ2) is 15.1. The Morgan fingerprint density at radius 3 is 2.43 bits per heavy atom. The molecule has 0 aromatic heterocycles. The molecule has 7 atom stereocenters. The molecule has 0 spiro atoms. The third kappa shape index (κ3) is 7.12. The van der Waals surface area contributed by atoms with Crippen LogP contribution >= 0.6 is 0 Å². The lowest BCUT2D eigenvalue weighted by Crippen LogP contribution is -2.60. The monoisotopic (exact) mass is 711 g/mol. The normalized spacial score (nSPS) is 25.8. The van der Waals surface area contributed by atoms with Gasteiger partial charge in [0.2, 0.25) is 6.29 Å². The molecule has 2 fully saturated rings. The molecule has 17 heteroatoms. The van der Waals surface area contributed by atoms with Crippen LogP contribution in [0.5, 0.6) is 17.2 Å². The third-order valence-corrected chi connectivity index (χ3v) is 9.05. The molecule has 5 N–H and O–H groups in total. The van der Waals surface area contributed by atoms with Gasteiger partial charge in [-0.05, 0) is 36.1 Å². The Balaban J connectivity index is 1.25. The lowest BCUT2D eigenvalue weighted by Gasteiger charge is -2.39. The molecule has 3 aromatic carbocycles. The number of hydrogen-bond acceptors (Lipinski definition) is 14. The highest BCUT2D eigenvalue weighted by atomic mass is 16.7. The average Bonchev–Trinajstić information content (AvgIpc) is 3.61. The van der Waals surface area contributed by atoms with Crippen LogP contribution in [-0.4, -0.2) is 111 Å². The molecule has 2 amide bonds. The van der Waals surface area contributed by atoms with Crippen molar-refractivity contribution in [2.24, 2.45) is 0 Å². The van der Waals surface area contributed by atoms with E-state index in [0.717, 1.165) is 22.6 Å². The van der Waals surface area contributed by atoms with Crippen LogP contribution in [0.3, 0.4) is 0 Å². The predicted molar refractivity (Wildman–Crippen MR) is 174 cm³/mol. The number of amides is 2. The first-order chi connectivity index (χ1) is 24.5. The molecular weight excluding hydrogens is 674 g/mol. The number of nitro groups is 1. The van der Waals surface area contributed by atoms with Crippen LogP contribution < -0.4 is 19.1 Å². The number of hydrogen-bond donors (Lipinski definition) is 5. The first kappa shape index (κ1) is 35.8. The van der Waals surface area contributed by atoms with E-state index in [1.165, 1.54) is 30.2 Å². The van der Waals surface area contributed by atoms with Gasteiger partial charge in [-0.15, -0.1) is 0 Å². The Morgan fingerprint density at radius 2 is 1.73 bits per heavy atom. The Kier molecular flexibility index (Phi) is 10.6. The number of carbonyl (C=O) groups is 2. The number of nitrogens with zero attached hydrogens (tertiary/aromatic N) is 3. The zero-order valence-electron chi connectivity index (χ0n) is 27.3. The lowest BCUT2D eigenvalue weighted by atomic mass is 9.99. The van der Waals surface area contributed by atoms with Gasteiger partial charge in [-0.3, -0.25) is 14.9 Å². The van der Waals surface area contributed by atoms with Gasteiger partial charge in [0, 0.05) is 18.7 Å². The number of aliphatic hydroxyl groups excluding tert-OH is 5. The van der Waals surface area contributed by atoms with E-state index in [2.05, 4.69) is 0 Å². The van der Waals surface area contributed by atoms with Gasteiger partial charge in [0.25, 0.3) is 5.91 Å². The van der Waals surface area contributed by atoms with E-state index in [0.29, 0.717) is 19.4 Å². The van der Waals surface area contributed by atoms with E-state index in [4.69, 9.17) is 23.7 Å². The largest absolute Gasteiger partial charge is 0.493 e. The van der Waals surface area contributed by atoms with Crippen LogP contribution in [0.2, 0.25) is 0 Å². The number of aliphatic hydroxyl groups is 5. The minimum absolute atomic E-state index is 0.0185. The number of ether oxygens (including phenoxy) is 5. The Bertz CT molecular complexity index is 1760. The van der Waals surface area contributed by atoms with Crippen molar-refractivity contribution in [2.45, 2.75) is 69.0 Å². The summed E-state index contributed by atoms with van der Waals surface area (Å²) in [7, 11) is 1.41. The first-order valence-electron chi connectivity index (χ1n) is 16.1. The average molecular weight is 712 g/mol. The Morgan fingerprint density at radius 1 is 0.961 bits per heavy atom.